The van der Waals surface area contributed by atoms with E-state index in [0.29, 0.717) is 13.0 Å². The van der Waals surface area contributed by atoms with Gasteiger partial charge in [0.1, 0.15) is 6.04 Å². The zero-order valence-electron chi connectivity index (χ0n) is 10.5. The Balaban J connectivity index is 2.59. The lowest BCUT2D eigenvalue weighted by atomic mass is 9.68. The highest BCUT2D eigenvalue weighted by Crippen LogP contribution is 2.41. The molecule has 0 aromatic heterocycles. The summed E-state index contributed by atoms with van der Waals surface area (Å²) >= 11 is 0. The van der Waals surface area contributed by atoms with Crippen LogP contribution in [0.25, 0.3) is 0 Å². The van der Waals surface area contributed by atoms with E-state index >= 15 is 0 Å². The number of rotatable bonds is 7. The summed E-state index contributed by atoms with van der Waals surface area (Å²) in [6, 6.07) is -0.776. The Hall–Kier alpha value is -1.10. The Kier molecular flexibility index (Phi) is 4.93. The maximum Gasteiger partial charge on any atom is 0.326 e. The largest absolute Gasteiger partial charge is 0.480 e. The smallest absolute Gasteiger partial charge is 0.326 e. The predicted octanol–water partition coefficient (Wildman–Crippen LogP) is 1.17. The number of carbonyl (C=O) groups is 2. The maximum absolute atomic E-state index is 12.1. The van der Waals surface area contributed by atoms with Crippen molar-refractivity contribution in [1.29, 1.82) is 0 Å². The van der Waals surface area contributed by atoms with Crippen LogP contribution in [-0.4, -0.2) is 36.7 Å². The van der Waals surface area contributed by atoms with Crippen molar-refractivity contribution in [3.8, 4) is 0 Å². The number of nitrogens with one attached hydrogen (secondary N) is 1. The van der Waals surface area contributed by atoms with Crippen LogP contribution in [0, 0.1) is 5.41 Å². The summed E-state index contributed by atoms with van der Waals surface area (Å²) in [5, 5.41) is 11.6. The first kappa shape index (κ1) is 14.0. The molecule has 1 atom stereocenters. The molecule has 5 heteroatoms. The highest BCUT2D eigenvalue weighted by atomic mass is 16.5. The second kappa shape index (κ2) is 6.00. The van der Waals surface area contributed by atoms with Gasteiger partial charge in [-0.15, -0.1) is 0 Å². The summed E-state index contributed by atoms with van der Waals surface area (Å²) in [5.74, 6) is -1.14. The summed E-state index contributed by atoms with van der Waals surface area (Å²) in [6.45, 7) is 2.27. The van der Waals surface area contributed by atoms with Crippen LogP contribution in [0.4, 0.5) is 0 Å². The number of carboxylic acid groups (broad SMARTS) is 1. The zero-order valence-corrected chi connectivity index (χ0v) is 10.5. The van der Waals surface area contributed by atoms with Gasteiger partial charge in [0.05, 0.1) is 12.0 Å². The van der Waals surface area contributed by atoms with Crippen molar-refractivity contribution in [2.24, 2.45) is 5.41 Å². The Bertz CT molecular complexity index is 286. The molecule has 0 aromatic carbocycles. The molecule has 1 amide bonds. The standard InChI is InChI=1S/C12H21NO4/c1-3-5-9(10(14)15)13-11(16)12(8-17-2)6-4-7-12/h9H,3-8H2,1-2H3,(H,13,16)(H,14,15). The lowest BCUT2D eigenvalue weighted by Crippen LogP contribution is -2.53. The average Bonchev–Trinajstić information content (AvgIpc) is 2.22. The van der Waals surface area contributed by atoms with Gasteiger partial charge in [0, 0.05) is 7.11 Å². The van der Waals surface area contributed by atoms with Crippen LogP contribution >= 0.6 is 0 Å². The van der Waals surface area contributed by atoms with Crippen molar-refractivity contribution in [1.82, 2.24) is 5.32 Å². The minimum absolute atomic E-state index is 0.175. The van der Waals surface area contributed by atoms with Gasteiger partial charge in [-0.25, -0.2) is 4.79 Å². The highest BCUT2D eigenvalue weighted by Gasteiger charge is 2.45. The number of carboxylic acids is 1. The number of amides is 1. The molecule has 0 radical (unpaired) electrons. The fraction of sp³-hybridized carbons (Fsp3) is 0.833. The summed E-state index contributed by atoms with van der Waals surface area (Å²) in [5.41, 5.74) is -0.490. The SMILES string of the molecule is CCCC(NC(=O)C1(COC)CCC1)C(=O)O. The maximum atomic E-state index is 12.1. The number of ether oxygens (including phenoxy) is 1. The van der Waals surface area contributed by atoms with Gasteiger partial charge in [-0.2, -0.15) is 0 Å². The number of carbonyl (C=O) groups excluding carboxylic acids is 1. The lowest BCUT2D eigenvalue weighted by molar-refractivity contribution is -0.148. The van der Waals surface area contributed by atoms with Gasteiger partial charge in [-0.3, -0.25) is 4.79 Å². The van der Waals surface area contributed by atoms with Gasteiger partial charge >= 0.3 is 5.97 Å². The second-order valence-corrected chi connectivity index (χ2v) is 4.72. The van der Waals surface area contributed by atoms with E-state index in [4.69, 9.17) is 9.84 Å². The average molecular weight is 243 g/mol. The third-order valence-corrected chi connectivity index (χ3v) is 3.39. The molecule has 0 saturated heterocycles. The quantitative estimate of drug-likeness (QED) is 0.704. The Morgan fingerprint density at radius 1 is 1.47 bits per heavy atom. The van der Waals surface area contributed by atoms with Crippen LogP contribution in [0.15, 0.2) is 0 Å². The monoisotopic (exact) mass is 243 g/mol. The van der Waals surface area contributed by atoms with Crippen molar-refractivity contribution in [2.75, 3.05) is 13.7 Å². The van der Waals surface area contributed by atoms with Crippen molar-refractivity contribution in [2.45, 2.75) is 45.1 Å². The molecule has 0 aromatic rings. The van der Waals surface area contributed by atoms with Crippen molar-refractivity contribution < 1.29 is 19.4 Å². The minimum Gasteiger partial charge on any atom is -0.480 e. The molecule has 0 spiro atoms. The normalized spacial score (nSPS) is 19.2. The van der Waals surface area contributed by atoms with Crippen LogP contribution in [0.3, 0.4) is 0 Å². The molecule has 17 heavy (non-hydrogen) atoms. The van der Waals surface area contributed by atoms with Crippen molar-refractivity contribution in [3.05, 3.63) is 0 Å². The molecule has 2 N–H and O–H groups in total. The molecule has 0 aliphatic heterocycles. The van der Waals surface area contributed by atoms with E-state index in [2.05, 4.69) is 5.32 Å². The summed E-state index contributed by atoms with van der Waals surface area (Å²) in [7, 11) is 1.56. The molecule has 1 saturated carbocycles. The fourth-order valence-electron chi connectivity index (χ4n) is 2.17. The molecular formula is C12H21NO4. The van der Waals surface area contributed by atoms with E-state index in [0.717, 1.165) is 25.7 Å². The van der Waals surface area contributed by atoms with Crippen LogP contribution < -0.4 is 5.32 Å². The molecule has 5 nitrogen and oxygen atoms in total. The molecular weight excluding hydrogens is 222 g/mol. The molecule has 1 aliphatic carbocycles. The summed E-state index contributed by atoms with van der Waals surface area (Å²) < 4.78 is 5.06. The summed E-state index contributed by atoms with van der Waals surface area (Å²) in [4.78, 5) is 23.0. The summed E-state index contributed by atoms with van der Waals surface area (Å²) in [6.07, 6.45) is 3.76. The fourth-order valence-corrected chi connectivity index (χ4v) is 2.17. The van der Waals surface area contributed by atoms with E-state index in [-0.39, 0.29) is 5.91 Å². The number of aliphatic carboxylic acids is 1. The first-order valence-electron chi connectivity index (χ1n) is 6.08. The predicted molar refractivity (Wildman–Crippen MR) is 62.6 cm³/mol. The molecule has 0 bridgehead atoms. The van der Waals surface area contributed by atoms with E-state index < -0.39 is 17.4 Å². The van der Waals surface area contributed by atoms with Crippen molar-refractivity contribution >= 4 is 11.9 Å². The van der Waals surface area contributed by atoms with Crippen LogP contribution in [0.5, 0.6) is 0 Å². The molecule has 1 fully saturated rings. The Morgan fingerprint density at radius 3 is 2.47 bits per heavy atom. The number of methoxy groups -OCH3 is 1. The van der Waals surface area contributed by atoms with Crippen LogP contribution in [0.2, 0.25) is 0 Å². The number of hydrogen-bond acceptors (Lipinski definition) is 3. The second-order valence-electron chi connectivity index (χ2n) is 4.72. The lowest BCUT2D eigenvalue weighted by Gasteiger charge is -2.40. The van der Waals surface area contributed by atoms with E-state index in [1.165, 1.54) is 0 Å². The van der Waals surface area contributed by atoms with E-state index in [1.54, 1.807) is 7.11 Å². The molecule has 1 rings (SSSR count). The molecule has 0 heterocycles. The molecule has 1 aliphatic rings. The van der Waals surface area contributed by atoms with Gasteiger partial charge in [-0.05, 0) is 19.3 Å². The molecule has 1 unspecified atom stereocenters. The van der Waals surface area contributed by atoms with E-state index in [9.17, 15) is 9.59 Å². The van der Waals surface area contributed by atoms with Gasteiger partial charge < -0.3 is 15.2 Å². The van der Waals surface area contributed by atoms with Gasteiger partial charge in [0.25, 0.3) is 0 Å². The Morgan fingerprint density at radius 2 is 2.12 bits per heavy atom. The third kappa shape index (κ3) is 3.19. The van der Waals surface area contributed by atoms with Crippen molar-refractivity contribution in [3.63, 3.8) is 0 Å². The minimum atomic E-state index is -0.966. The van der Waals surface area contributed by atoms with Gasteiger partial charge in [0.15, 0.2) is 0 Å². The van der Waals surface area contributed by atoms with E-state index in [1.807, 2.05) is 6.92 Å². The highest BCUT2D eigenvalue weighted by molar-refractivity contribution is 5.88. The van der Waals surface area contributed by atoms with Crippen LogP contribution in [0.1, 0.15) is 39.0 Å². The van der Waals surface area contributed by atoms with Crippen LogP contribution in [-0.2, 0) is 14.3 Å². The number of hydrogen-bond donors (Lipinski definition) is 2. The van der Waals surface area contributed by atoms with Gasteiger partial charge in [0.2, 0.25) is 5.91 Å². The van der Waals surface area contributed by atoms with Gasteiger partial charge in [-0.1, -0.05) is 19.8 Å². The third-order valence-electron chi connectivity index (χ3n) is 3.39. The topological polar surface area (TPSA) is 75.6 Å². The first-order chi connectivity index (χ1) is 8.05. The first-order valence-corrected chi connectivity index (χ1v) is 6.08. The zero-order chi connectivity index (χ0) is 12.9. The Labute approximate surface area is 102 Å². The molecule has 98 valence electrons.